The van der Waals surface area contributed by atoms with Crippen LogP contribution in [0, 0.1) is 11.3 Å². The molecule has 0 saturated heterocycles. The summed E-state index contributed by atoms with van der Waals surface area (Å²) in [4.78, 5) is 0.853. The first-order chi connectivity index (χ1) is 5.74. The fourth-order valence-electron chi connectivity index (χ4n) is 0.698. The van der Waals surface area contributed by atoms with Crippen LogP contribution in [0.5, 0.6) is 0 Å². The Kier molecular flexibility index (Phi) is 3.74. The highest BCUT2D eigenvalue weighted by Gasteiger charge is 2.00. The Morgan fingerprint density at radius 2 is 2.17 bits per heavy atom. The molecular formula is C8H5Cl2NS. The van der Waals surface area contributed by atoms with Gasteiger partial charge in [0.25, 0.3) is 0 Å². The Balaban J connectivity index is 2.84. The van der Waals surface area contributed by atoms with E-state index < -0.39 is 0 Å². The summed E-state index contributed by atoms with van der Waals surface area (Å²) in [5.74, 6) is 0.389. The third-order valence-corrected chi connectivity index (χ3v) is 2.78. The molecule has 0 aromatic heterocycles. The molecule has 0 aliphatic carbocycles. The van der Waals surface area contributed by atoms with Crippen molar-refractivity contribution >= 4 is 35.0 Å². The van der Waals surface area contributed by atoms with Gasteiger partial charge in [0.05, 0.1) is 16.8 Å². The summed E-state index contributed by atoms with van der Waals surface area (Å²) >= 11 is 13.0. The molecule has 0 spiro atoms. The van der Waals surface area contributed by atoms with Crippen molar-refractivity contribution in [2.45, 2.75) is 4.90 Å². The molecule has 4 heteroatoms. The summed E-state index contributed by atoms with van der Waals surface area (Å²) in [7, 11) is 0. The monoisotopic (exact) mass is 217 g/mol. The van der Waals surface area contributed by atoms with Crippen LogP contribution < -0.4 is 0 Å². The molecule has 0 bridgehead atoms. The molecule has 0 heterocycles. The van der Waals surface area contributed by atoms with Crippen molar-refractivity contribution in [3.63, 3.8) is 0 Å². The normalized spacial score (nSPS) is 9.42. The van der Waals surface area contributed by atoms with Crippen LogP contribution in [-0.4, -0.2) is 5.75 Å². The Morgan fingerprint density at radius 3 is 2.83 bits per heavy atom. The third kappa shape index (κ3) is 2.60. The summed E-state index contributed by atoms with van der Waals surface area (Å²) in [6, 6.07) is 7.23. The van der Waals surface area contributed by atoms with Gasteiger partial charge in [0.15, 0.2) is 0 Å². The van der Waals surface area contributed by atoms with E-state index in [2.05, 4.69) is 0 Å². The van der Waals surface area contributed by atoms with E-state index in [1.54, 1.807) is 18.2 Å². The molecule has 12 heavy (non-hydrogen) atoms. The fraction of sp³-hybridized carbons (Fsp3) is 0.125. The number of benzene rings is 1. The van der Waals surface area contributed by atoms with Gasteiger partial charge in [-0.05, 0) is 18.2 Å². The molecule has 0 aliphatic rings. The number of nitrogens with zero attached hydrogens (tertiary/aromatic N) is 1. The summed E-state index contributed by atoms with van der Waals surface area (Å²) in [6.07, 6.45) is 0. The van der Waals surface area contributed by atoms with Crippen LogP contribution in [0.15, 0.2) is 23.1 Å². The summed E-state index contributed by atoms with van der Waals surface area (Å²) in [6.45, 7) is 0. The maximum Gasteiger partial charge on any atom is 0.0855 e. The Morgan fingerprint density at radius 1 is 1.42 bits per heavy atom. The molecule has 1 nitrogen and oxygen atoms in total. The van der Waals surface area contributed by atoms with Crippen LogP contribution in [0.4, 0.5) is 0 Å². The number of hydrogen-bond acceptors (Lipinski definition) is 2. The third-order valence-electron chi connectivity index (χ3n) is 1.19. The molecule has 0 radical (unpaired) electrons. The fourth-order valence-corrected chi connectivity index (χ4v) is 1.85. The molecule has 0 unspecified atom stereocenters. The highest BCUT2D eigenvalue weighted by molar-refractivity contribution is 7.99. The van der Waals surface area contributed by atoms with Crippen molar-refractivity contribution in [1.29, 1.82) is 5.26 Å². The molecular weight excluding hydrogens is 213 g/mol. The molecule has 1 rings (SSSR count). The summed E-state index contributed by atoms with van der Waals surface area (Å²) < 4.78 is 0. The smallest absolute Gasteiger partial charge is 0.0855 e. The first kappa shape index (κ1) is 9.73. The van der Waals surface area contributed by atoms with Crippen molar-refractivity contribution in [3.8, 4) is 6.07 Å². The highest BCUT2D eigenvalue weighted by Crippen LogP contribution is 2.29. The Hall–Kier alpha value is -0.360. The van der Waals surface area contributed by atoms with Crippen LogP contribution in [0.3, 0.4) is 0 Å². The second kappa shape index (κ2) is 4.61. The predicted octanol–water partition coefficient (Wildman–Crippen LogP) is 3.61. The lowest BCUT2D eigenvalue weighted by atomic mass is 10.4. The van der Waals surface area contributed by atoms with Crippen LogP contribution in [0.2, 0.25) is 10.0 Å². The minimum Gasteiger partial charge on any atom is -0.197 e. The van der Waals surface area contributed by atoms with E-state index in [0.717, 1.165) is 4.90 Å². The zero-order chi connectivity index (χ0) is 8.97. The van der Waals surface area contributed by atoms with Gasteiger partial charge in [-0.2, -0.15) is 5.26 Å². The molecule has 1 aromatic rings. The number of halogens is 2. The van der Waals surface area contributed by atoms with Gasteiger partial charge in [0, 0.05) is 9.92 Å². The SMILES string of the molecule is N#CCSc1cc(Cl)ccc1Cl. The maximum atomic E-state index is 8.34. The van der Waals surface area contributed by atoms with Crippen molar-refractivity contribution in [3.05, 3.63) is 28.2 Å². The average molecular weight is 218 g/mol. The lowest BCUT2D eigenvalue weighted by Gasteiger charge is -2.00. The van der Waals surface area contributed by atoms with Crippen molar-refractivity contribution in [1.82, 2.24) is 0 Å². The van der Waals surface area contributed by atoms with E-state index in [0.29, 0.717) is 15.8 Å². The topological polar surface area (TPSA) is 23.8 Å². The van der Waals surface area contributed by atoms with E-state index in [4.69, 9.17) is 28.5 Å². The molecule has 0 N–H and O–H groups in total. The van der Waals surface area contributed by atoms with Gasteiger partial charge < -0.3 is 0 Å². The van der Waals surface area contributed by atoms with Gasteiger partial charge in [-0.25, -0.2) is 0 Å². The molecule has 1 aromatic carbocycles. The van der Waals surface area contributed by atoms with E-state index in [-0.39, 0.29) is 0 Å². The zero-order valence-electron chi connectivity index (χ0n) is 6.05. The van der Waals surface area contributed by atoms with Gasteiger partial charge in [-0.3, -0.25) is 0 Å². The molecule has 0 aliphatic heterocycles. The molecule has 0 atom stereocenters. The second-order valence-corrected chi connectivity index (χ2v) is 3.88. The van der Waals surface area contributed by atoms with Gasteiger partial charge in [0.2, 0.25) is 0 Å². The van der Waals surface area contributed by atoms with Gasteiger partial charge in [-0.1, -0.05) is 23.2 Å². The first-order valence-electron chi connectivity index (χ1n) is 3.19. The minimum absolute atomic E-state index is 0.389. The summed E-state index contributed by atoms with van der Waals surface area (Å²) in [5.41, 5.74) is 0. The largest absolute Gasteiger partial charge is 0.197 e. The van der Waals surface area contributed by atoms with Gasteiger partial charge in [-0.15, -0.1) is 11.8 Å². The highest BCUT2D eigenvalue weighted by atomic mass is 35.5. The Labute approximate surface area is 85.3 Å². The van der Waals surface area contributed by atoms with E-state index in [9.17, 15) is 0 Å². The molecule has 0 fully saturated rings. The number of nitriles is 1. The van der Waals surface area contributed by atoms with Crippen LogP contribution in [0.1, 0.15) is 0 Å². The molecule has 62 valence electrons. The molecule has 0 amide bonds. The van der Waals surface area contributed by atoms with Crippen LogP contribution >= 0.6 is 35.0 Å². The van der Waals surface area contributed by atoms with E-state index in [1.807, 2.05) is 6.07 Å². The summed E-state index contributed by atoms with van der Waals surface area (Å²) in [5, 5.41) is 9.62. The predicted molar refractivity (Wildman–Crippen MR) is 52.8 cm³/mol. The van der Waals surface area contributed by atoms with Gasteiger partial charge >= 0.3 is 0 Å². The quantitative estimate of drug-likeness (QED) is 0.708. The molecule has 0 saturated carbocycles. The number of hydrogen-bond donors (Lipinski definition) is 0. The van der Waals surface area contributed by atoms with E-state index in [1.165, 1.54) is 11.8 Å². The number of rotatable bonds is 2. The van der Waals surface area contributed by atoms with Crippen molar-refractivity contribution in [2.24, 2.45) is 0 Å². The van der Waals surface area contributed by atoms with Crippen LogP contribution in [-0.2, 0) is 0 Å². The average Bonchev–Trinajstić information content (AvgIpc) is 2.07. The minimum atomic E-state index is 0.389. The van der Waals surface area contributed by atoms with Crippen molar-refractivity contribution < 1.29 is 0 Å². The van der Waals surface area contributed by atoms with Gasteiger partial charge in [0.1, 0.15) is 0 Å². The lowest BCUT2D eigenvalue weighted by Crippen LogP contribution is -1.76. The lowest BCUT2D eigenvalue weighted by molar-refractivity contribution is 1.44. The number of thioether (sulfide) groups is 1. The zero-order valence-corrected chi connectivity index (χ0v) is 8.38. The first-order valence-corrected chi connectivity index (χ1v) is 4.93. The van der Waals surface area contributed by atoms with Crippen molar-refractivity contribution in [2.75, 3.05) is 5.75 Å². The van der Waals surface area contributed by atoms with Crippen LogP contribution in [0.25, 0.3) is 0 Å². The second-order valence-electron chi connectivity index (χ2n) is 2.02. The maximum absolute atomic E-state index is 8.34. The Bertz CT molecular complexity index is 319. The standard InChI is InChI=1S/C8H5Cl2NS/c9-6-1-2-7(10)8(5-6)12-4-3-11/h1-2,5H,4H2. The van der Waals surface area contributed by atoms with E-state index >= 15 is 0 Å².